The predicted molar refractivity (Wildman–Crippen MR) is 110 cm³/mol. The van der Waals surface area contributed by atoms with Gasteiger partial charge in [0.2, 0.25) is 0 Å². The Balaban J connectivity index is 2.26. The van der Waals surface area contributed by atoms with Gasteiger partial charge in [0, 0.05) is 31.1 Å². The van der Waals surface area contributed by atoms with Crippen LogP contribution in [0.2, 0.25) is 0 Å². The molecule has 1 aromatic heterocycles. The van der Waals surface area contributed by atoms with E-state index in [1.807, 2.05) is 50.5 Å². The van der Waals surface area contributed by atoms with E-state index < -0.39 is 0 Å². The summed E-state index contributed by atoms with van der Waals surface area (Å²) in [5, 5.41) is 0.839. The number of aromatic nitrogens is 1. The van der Waals surface area contributed by atoms with Crippen LogP contribution >= 0.6 is 0 Å². The van der Waals surface area contributed by atoms with Crippen LogP contribution in [0, 0.1) is 0 Å². The van der Waals surface area contributed by atoms with E-state index in [-0.39, 0.29) is 5.91 Å². The van der Waals surface area contributed by atoms with Gasteiger partial charge in [0.05, 0.1) is 33.2 Å². The molecule has 146 valence electrons. The zero-order valence-electron chi connectivity index (χ0n) is 16.6. The van der Waals surface area contributed by atoms with E-state index in [1.165, 1.54) is 6.34 Å². The van der Waals surface area contributed by atoms with Gasteiger partial charge >= 0.3 is 0 Å². The molecule has 0 radical (unpaired) electrons. The molecular weight excluding hydrogens is 358 g/mol. The molecule has 0 aliphatic rings. The second-order valence-electron chi connectivity index (χ2n) is 6.37. The Labute approximate surface area is 163 Å². The Morgan fingerprint density at radius 1 is 1.00 bits per heavy atom. The molecule has 7 heteroatoms. The molecule has 3 aromatic rings. The Kier molecular flexibility index (Phi) is 5.54. The van der Waals surface area contributed by atoms with Gasteiger partial charge in [0.1, 0.15) is 11.4 Å². The van der Waals surface area contributed by atoms with Crippen molar-refractivity contribution in [2.75, 3.05) is 35.4 Å². The van der Waals surface area contributed by atoms with Gasteiger partial charge in [-0.3, -0.25) is 4.79 Å². The number of carbonyl (C=O) groups is 1. The monoisotopic (exact) mass is 381 g/mol. The lowest BCUT2D eigenvalue weighted by Crippen LogP contribution is -2.10. The maximum atomic E-state index is 12.8. The molecule has 0 aliphatic carbocycles. The van der Waals surface area contributed by atoms with Gasteiger partial charge in [0.25, 0.3) is 5.91 Å². The van der Waals surface area contributed by atoms with Crippen LogP contribution in [0.15, 0.2) is 41.4 Å². The number of ether oxygens (including phenoxy) is 3. The van der Waals surface area contributed by atoms with Crippen molar-refractivity contribution in [3.63, 3.8) is 0 Å². The van der Waals surface area contributed by atoms with Crippen molar-refractivity contribution in [3.05, 3.63) is 42.1 Å². The number of aromatic amines is 1. The molecule has 0 aliphatic heterocycles. The zero-order chi connectivity index (χ0) is 20.3. The molecule has 1 amide bonds. The third kappa shape index (κ3) is 3.64. The van der Waals surface area contributed by atoms with Crippen LogP contribution < -0.4 is 14.2 Å². The van der Waals surface area contributed by atoms with Crippen molar-refractivity contribution in [1.82, 2.24) is 9.88 Å². The van der Waals surface area contributed by atoms with Crippen molar-refractivity contribution in [2.45, 2.75) is 0 Å². The van der Waals surface area contributed by atoms with Gasteiger partial charge in [-0.05, 0) is 23.8 Å². The summed E-state index contributed by atoms with van der Waals surface area (Å²) in [6.07, 6.45) is 1.48. The number of aliphatic imine (C=N–C) groups is 1. The van der Waals surface area contributed by atoms with Crippen LogP contribution in [0.1, 0.15) is 10.5 Å². The molecule has 0 fully saturated rings. The van der Waals surface area contributed by atoms with Gasteiger partial charge in [-0.2, -0.15) is 4.99 Å². The topological polar surface area (TPSA) is 76.2 Å². The molecule has 0 bridgehead atoms. The number of methoxy groups -OCH3 is 3. The van der Waals surface area contributed by atoms with Gasteiger partial charge in [-0.25, -0.2) is 0 Å². The molecule has 0 saturated carbocycles. The largest absolute Gasteiger partial charge is 0.497 e. The Morgan fingerprint density at radius 3 is 2.21 bits per heavy atom. The van der Waals surface area contributed by atoms with E-state index in [2.05, 4.69) is 9.98 Å². The first-order valence-electron chi connectivity index (χ1n) is 8.65. The van der Waals surface area contributed by atoms with E-state index in [9.17, 15) is 4.79 Å². The average molecular weight is 381 g/mol. The number of carbonyl (C=O) groups excluding carboxylic acids is 1. The SMILES string of the molecule is COc1ccc(-c2c(C(=O)N=CN(C)C)[nH]c3cc(OC)c(OC)cc23)cc1. The van der Waals surface area contributed by atoms with Crippen molar-refractivity contribution in [1.29, 1.82) is 0 Å². The minimum Gasteiger partial charge on any atom is -0.497 e. The maximum Gasteiger partial charge on any atom is 0.295 e. The Morgan fingerprint density at radius 2 is 1.64 bits per heavy atom. The number of hydrogen-bond acceptors (Lipinski definition) is 4. The van der Waals surface area contributed by atoms with Crippen molar-refractivity contribution in [3.8, 4) is 28.4 Å². The van der Waals surface area contributed by atoms with Crippen molar-refractivity contribution >= 4 is 23.1 Å². The number of H-pyrrole nitrogens is 1. The first-order chi connectivity index (χ1) is 13.5. The third-order valence-electron chi connectivity index (χ3n) is 4.30. The third-order valence-corrected chi connectivity index (χ3v) is 4.30. The van der Waals surface area contributed by atoms with E-state index in [0.717, 1.165) is 27.8 Å². The summed E-state index contributed by atoms with van der Waals surface area (Å²) in [6, 6.07) is 11.2. The van der Waals surface area contributed by atoms with Crippen LogP contribution in [0.3, 0.4) is 0 Å². The Bertz CT molecular complexity index is 1020. The van der Waals surface area contributed by atoms with E-state index in [4.69, 9.17) is 14.2 Å². The summed E-state index contributed by atoms with van der Waals surface area (Å²) in [4.78, 5) is 21.7. The second kappa shape index (κ2) is 8.04. The van der Waals surface area contributed by atoms with Gasteiger partial charge in [0.15, 0.2) is 11.5 Å². The quantitative estimate of drug-likeness (QED) is 0.522. The average Bonchev–Trinajstić information content (AvgIpc) is 3.09. The first-order valence-corrected chi connectivity index (χ1v) is 8.65. The first kappa shape index (κ1) is 19.3. The predicted octanol–water partition coefficient (Wildman–Crippen LogP) is 3.59. The lowest BCUT2D eigenvalue weighted by atomic mass is 10.0. The highest BCUT2D eigenvalue weighted by atomic mass is 16.5. The molecule has 1 heterocycles. The molecule has 28 heavy (non-hydrogen) atoms. The fraction of sp³-hybridized carbons (Fsp3) is 0.238. The standard InChI is InChI=1S/C21H23N3O4/c1-24(2)12-22-21(25)20-19(13-6-8-14(26-3)9-7-13)15-10-17(27-4)18(28-5)11-16(15)23-20/h6-12,23H,1-5H3. The Hall–Kier alpha value is -3.48. The van der Waals surface area contributed by atoms with Crippen LogP contribution in [0.25, 0.3) is 22.0 Å². The zero-order valence-corrected chi connectivity index (χ0v) is 16.6. The van der Waals surface area contributed by atoms with Crippen LogP contribution in [0.5, 0.6) is 17.2 Å². The fourth-order valence-electron chi connectivity index (χ4n) is 2.97. The molecular formula is C21H23N3O4. The maximum absolute atomic E-state index is 12.8. The second-order valence-corrected chi connectivity index (χ2v) is 6.37. The number of amides is 1. The lowest BCUT2D eigenvalue weighted by Gasteiger charge is -2.09. The number of nitrogens with one attached hydrogen (secondary N) is 1. The smallest absolute Gasteiger partial charge is 0.295 e. The number of benzene rings is 2. The summed E-state index contributed by atoms with van der Waals surface area (Å²) >= 11 is 0. The van der Waals surface area contributed by atoms with Crippen LogP contribution in [0.4, 0.5) is 0 Å². The summed E-state index contributed by atoms with van der Waals surface area (Å²) in [5.74, 6) is 1.53. The highest BCUT2D eigenvalue weighted by molar-refractivity contribution is 6.11. The number of hydrogen-bond donors (Lipinski definition) is 1. The van der Waals surface area contributed by atoms with Gasteiger partial charge in [-0.15, -0.1) is 0 Å². The summed E-state index contributed by atoms with van der Waals surface area (Å²) < 4.78 is 16.1. The molecule has 0 atom stereocenters. The molecule has 0 spiro atoms. The van der Waals surface area contributed by atoms with Crippen molar-refractivity contribution in [2.24, 2.45) is 4.99 Å². The van der Waals surface area contributed by atoms with E-state index >= 15 is 0 Å². The summed E-state index contributed by atoms with van der Waals surface area (Å²) in [6.45, 7) is 0. The molecule has 2 aromatic carbocycles. The molecule has 7 nitrogen and oxygen atoms in total. The lowest BCUT2D eigenvalue weighted by molar-refractivity contribution is 0.0999. The van der Waals surface area contributed by atoms with Crippen LogP contribution in [-0.2, 0) is 0 Å². The molecule has 0 unspecified atom stereocenters. The summed E-state index contributed by atoms with van der Waals surface area (Å²) in [7, 11) is 8.38. The van der Waals surface area contributed by atoms with E-state index in [1.54, 1.807) is 26.2 Å². The highest BCUT2D eigenvalue weighted by Crippen LogP contribution is 2.39. The van der Waals surface area contributed by atoms with Crippen LogP contribution in [-0.4, -0.2) is 57.6 Å². The van der Waals surface area contributed by atoms with E-state index in [0.29, 0.717) is 17.2 Å². The van der Waals surface area contributed by atoms with Crippen molar-refractivity contribution < 1.29 is 19.0 Å². The number of fused-ring (bicyclic) bond motifs is 1. The fourth-order valence-corrected chi connectivity index (χ4v) is 2.97. The number of nitrogens with zero attached hydrogens (tertiary/aromatic N) is 2. The minimum atomic E-state index is -0.367. The molecule has 3 rings (SSSR count). The van der Waals surface area contributed by atoms with Gasteiger partial charge in [-0.1, -0.05) is 12.1 Å². The normalized spacial score (nSPS) is 11.0. The highest BCUT2D eigenvalue weighted by Gasteiger charge is 2.21. The number of rotatable bonds is 6. The summed E-state index contributed by atoms with van der Waals surface area (Å²) in [5.41, 5.74) is 2.77. The van der Waals surface area contributed by atoms with Gasteiger partial charge < -0.3 is 24.1 Å². The minimum absolute atomic E-state index is 0.367. The molecule has 1 N–H and O–H groups in total. The molecule has 0 saturated heterocycles.